The van der Waals surface area contributed by atoms with E-state index in [9.17, 15) is 0 Å². The molecule has 0 bridgehead atoms. The van der Waals surface area contributed by atoms with Gasteiger partial charge < -0.3 is 15.6 Å². The summed E-state index contributed by atoms with van der Waals surface area (Å²) in [5, 5.41) is 8.59. The van der Waals surface area contributed by atoms with E-state index in [2.05, 4.69) is 0 Å². The molecular formula is C5H10BNO2. The van der Waals surface area contributed by atoms with E-state index in [1.807, 2.05) is 0 Å². The molecule has 0 spiro atoms. The van der Waals surface area contributed by atoms with E-state index in [1.165, 1.54) is 0 Å². The fourth-order valence-corrected chi connectivity index (χ4v) is 0.979. The lowest BCUT2D eigenvalue weighted by molar-refractivity contribution is 0.0378. The van der Waals surface area contributed by atoms with Gasteiger partial charge in [0.05, 0.1) is 12.7 Å². The van der Waals surface area contributed by atoms with E-state index in [1.54, 1.807) is 0 Å². The molecule has 0 saturated carbocycles. The maximum absolute atomic E-state index is 8.59. The molecule has 0 aromatic rings. The van der Waals surface area contributed by atoms with Crippen LogP contribution in [0.3, 0.4) is 0 Å². The third-order valence-corrected chi connectivity index (χ3v) is 1.51. The third-order valence-electron chi connectivity index (χ3n) is 1.51. The molecule has 1 aliphatic rings. The fourth-order valence-electron chi connectivity index (χ4n) is 0.979. The first kappa shape index (κ1) is 7.06. The van der Waals surface area contributed by atoms with Gasteiger partial charge in [-0.3, -0.25) is 0 Å². The Hall–Kier alpha value is -0.0551. The van der Waals surface area contributed by atoms with Gasteiger partial charge in [-0.15, -0.1) is 0 Å². The molecule has 0 aromatic heterocycles. The van der Waals surface area contributed by atoms with Crippen LogP contribution in [0.25, 0.3) is 0 Å². The molecule has 3 atom stereocenters. The average Bonchev–Trinajstić information content (AvgIpc) is 2.10. The minimum atomic E-state index is -0.280. The molecule has 1 rings (SSSR count). The van der Waals surface area contributed by atoms with Crippen LogP contribution in [-0.4, -0.2) is 37.7 Å². The van der Waals surface area contributed by atoms with Crippen molar-refractivity contribution in [2.75, 3.05) is 6.61 Å². The highest BCUT2D eigenvalue weighted by atomic mass is 16.5. The van der Waals surface area contributed by atoms with E-state index in [0.717, 1.165) is 0 Å². The second kappa shape index (κ2) is 2.69. The monoisotopic (exact) mass is 127 g/mol. The summed E-state index contributed by atoms with van der Waals surface area (Å²) in [6.45, 7) is -0.0329. The zero-order valence-corrected chi connectivity index (χ0v) is 5.16. The van der Waals surface area contributed by atoms with Crippen LogP contribution in [0.4, 0.5) is 0 Å². The molecule has 0 aliphatic carbocycles. The summed E-state index contributed by atoms with van der Waals surface area (Å²) in [5.74, 6) is 0. The van der Waals surface area contributed by atoms with Gasteiger partial charge in [-0.25, -0.2) is 0 Å². The van der Waals surface area contributed by atoms with Gasteiger partial charge in [0.15, 0.2) is 0 Å². The molecule has 3 nitrogen and oxygen atoms in total. The van der Waals surface area contributed by atoms with Crippen molar-refractivity contribution in [1.82, 2.24) is 0 Å². The van der Waals surface area contributed by atoms with E-state index in [0.29, 0.717) is 6.42 Å². The summed E-state index contributed by atoms with van der Waals surface area (Å²) < 4.78 is 5.03. The van der Waals surface area contributed by atoms with Gasteiger partial charge in [0.25, 0.3) is 0 Å². The Kier molecular flexibility index (Phi) is 2.11. The molecule has 50 valence electrons. The second-order valence-corrected chi connectivity index (χ2v) is 2.30. The van der Waals surface area contributed by atoms with Crippen molar-refractivity contribution in [3.63, 3.8) is 0 Å². The largest absolute Gasteiger partial charge is 0.394 e. The Balaban J connectivity index is 2.38. The van der Waals surface area contributed by atoms with Gasteiger partial charge >= 0.3 is 0 Å². The Labute approximate surface area is 55.6 Å². The number of aliphatic hydroxyl groups is 1. The number of hydrogen-bond donors (Lipinski definition) is 2. The molecule has 1 heterocycles. The minimum Gasteiger partial charge on any atom is -0.394 e. The number of nitrogens with two attached hydrogens (primary N) is 1. The number of aliphatic hydroxyl groups excluding tert-OH is 1. The van der Waals surface area contributed by atoms with E-state index >= 15 is 0 Å². The first-order valence-electron chi connectivity index (χ1n) is 3.01. The number of ether oxygens (including phenoxy) is 1. The first-order chi connectivity index (χ1) is 4.24. The van der Waals surface area contributed by atoms with E-state index in [4.69, 9.17) is 23.4 Å². The first-order valence-corrected chi connectivity index (χ1v) is 3.01. The summed E-state index contributed by atoms with van der Waals surface area (Å²) in [6.07, 6.45) is 0.394. The summed E-state index contributed by atoms with van der Waals surface area (Å²) >= 11 is 0. The highest BCUT2D eigenvalue weighted by molar-refractivity contribution is 6.11. The fraction of sp³-hybridized carbons (Fsp3) is 1.00. The Morgan fingerprint density at radius 3 is 2.67 bits per heavy atom. The summed E-state index contributed by atoms with van der Waals surface area (Å²) in [6, 6.07) is -0.373. The van der Waals surface area contributed by atoms with Crippen molar-refractivity contribution < 1.29 is 9.84 Å². The van der Waals surface area contributed by atoms with Crippen LogP contribution in [-0.2, 0) is 4.74 Å². The normalized spacial score (nSPS) is 43.6. The Morgan fingerprint density at radius 1 is 1.78 bits per heavy atom. The molecule has 0 aromatic carbocycles. The molecule has 9 heavy (non-hydrogen) atoms. The van der Waals surface area contributed by atoms with Crippen LogP contribution in [0.1, 0.15) is 6.42 Å². The highest BCUT2D eigenvalue weighted by Crippen LogP contribution is 2.15. The molecule has 1 aliphatic heterocycles. The molecule has 2 radical (unpaired) electrons. The van der Waals surface area contributed by atoms with Crippen molar-refractivity contribution in [3.8, 4) is 0 Å². The van der Waals surface area contributed by atoms with Crippen LogP contribution in [0.2, 0.25) is 0 Å². The Morgan fingerprint density at radius 2 is 2.44 bits per heavy atom. The summed E-state index contributed by atoms with van der Waals surface area (Å²) in [4.78, 5) is 0. The highest BCUT2D eigenvalue weighted by Gasteiger charge is 2.28. The smallest absolute Gasteiger partial charge is 0.109 e. The Bertz CT molecular complexity index is 101. The van der Waals surface area contributed by atoms with Crippen LogP contribution >= 0.6 is 0 Å². The zero-order chi connectivity index (χ0) is 6.85. The van der Waals surface area contributed by atoms with Crippen molar-refractivity contribution >= 4 is 7.85 Å². The molecule has 0 unspecified atom stereocenters. The summed E-state index contributed by atoms with van der Waals surface area (Å²) in [5.41, 5.74) is 5.51. The van der Waals surface area contributed by atoms with Gasteiger partial charge in [-0.1, -0.05) is 0 Å². The maximum atomic E-state index is 8.59. The standard InChI is InChI=1S/C5H10BNO2/c6-5-1-3(7)4(2-8)9-5/h3-5,8H,1-2,7H2/t3-,4-,5-/m1/s1. The number of rotatable bonds is 1. The SMILES string of the molecule is [B][C@H]1C[C@@H](N)[C@@H](CO)O1. The number of hydrogen-bond acceptors (Lipinski definition) is 3. The quantitative estimate of drug-likeness (QED) is 0.425. The molecule has 0 amide bonds. The van der Waals surface area contributed by atoms with E-state index < -0.39 is 0 Å². The minimum absolute atomic E-state index is 0.0329. The van der Waals surface area contributed by atoms with Crippen LogP contribution in [0.5, 0.6) is 0 Å². The van der Waals surface area contributed by atoms with Gasteiger partial charge in [0.2, 0.25) is 0 Å². The predicted molar refractivity (Wildman–Crippen MR) is 34.1 cm³/mol. The molecule has 1 saturated heterocycles. The predicted octanol–water partition coefficient (Wildman–Crippen LogP) is -1.41. The summed E-state index contributed by atoms with van der Waals surface area (Å²) in [7, 11) is 5.38. The molecule has 1 fully saturated rings. The molecule has 3 N–H and O–H groups in total. The van der Waals surface area contributed by atoms with Gasteiger partial charge in [-0.2, -0.15) is 0 Å². The third kappa shape index (κ3) is 1.44. The van der Waals surface area contributed by atoms with Crippen molar-refractivity contribution in [2.45, 2.75) is 24.6 Å². The molecular weight excluding hydrogens is 117 g/mol. The van der Waals surface area contributed by atoms with Crippen molar-refractivity contribution in [3.05, 3.63) is 0 Å². The lowest BCUT2D eigenvalue weighted by Gasteiger charge is -2.09. The van der Waals surface area contributed by atoms with Crippen LogP contribution < -0.4 is 5.73 Å². The topological polar surface area (TPSA) is 55.5 Å². The maximum Gasteiger partial charge on any atom is 0.109 e. The van der Waals surface area contributed by atoms with Gasteiger partial charge in [-0.05, 0) is 6.42 Å². The van der Waals surface area contributed by atoms with Crippen LogP contribution in [0.15, 0.2) is 0 Å². The average molecular weight is 127 g/mol. The lowest BCUT2D eigenvalue weighted by Crippen LogP contribution is -2.32. The van der Waals surface area contributed by atoms with Crippen molar-refractivity contribution in [2.24, 2.45) is 5.73 Å². The second-order valence-electron chi connectivity index (χ2n) is 2.30. The zero-order valence-electron chi connectivity index (χ0n) is 5.16. The van der Waals surface area contributed by atoms with Crippen molar-refractivity contribution in [1.29, 1.82) is 0 Å². The van der Waals surface area contributed by atoms with Gasteiger partial charge in [0, 0.05) is 12.0 Å². The van der Waals surface area contributed by atoms with Gasteiger partial charge in [0.1, 0.15) is 7.85 Å². The van der Waals surface area contributed by atoms with Crippen LogP contribution in [0, 0.1) is 0 Å². The lowest BCUT2D eigenvalue weighted by atomic mass is 9.95. The molecule has 4 heteroatoms. The van der Waals surface area contributed by atoms with E-state index in [-0.39, 0.29) is 24.8 Å².